The number of halogens is 1. The molecule has 13 heteroatoms. The molecule has 4 heterocycles. The number of pyridine rings is 1. The standard InChI is InChI=1S/C33H36FN7O4S/c1-4-45-33(42)28-20-7-9-21(10-8-20)29(28)37-31-27-14-11-23(17-35-3)41(27)39-30(38-31)26-18-40(32-25(26)15-22(34)16-36-32)46(43,44)24-12-5-19(2)6-13-24/h5-6,11-16,18,20-21,28-29,35H,4,7-10,17H2,1-3H3,(H,37,38,39)/t20?,21?,28-,29-/m1/s1. The van der Waals surface area contributed by atoms with Gasteiger partial charge in [-0.2, -0.15) is 0 Å². The predicted molar refractivity (Wildman–Crippen MR) is 171 cm³/mol. The van der Waals surface area contributed by atoms with E-state index in [1.165, 1.54) is 24.4 Å². The van der Waals surface area contributed by atoms with Gasteiger partial charge in [-0.1, -0.05) is 17.7 Å². The van der Waals surface area contributed by atoms with Crippen LogP contribution in [0.2, 0.25) is 0 Å². The summed E-state index contributed by atoms with van der Waals surface area (Å²) in [6.45, 7) is 4.51. The number of nitrogens with one attached hydrogen (secondary N) is 2. The molecule has 3 saturated carbocycles. The maximum absolute atomic E-state index is 14.7. The normalized spacial score (nSPS) is 21.2. The van der Waals surface area contributed by atoms with Crippen molar-refractivity contribution in [3.8, 4) is 11.4 Å². The molecule has 5 aromatic rings. The highest BCUT2D eigenvalue weighted by Crippen LogP contribution is 2.47. The summed E-state index contributed by atoms with van der Waals surface area (Å²) in [5.41, 5.74) is 2.83. The number of nitrogens with zero attached hydrogens (tertiary/aromatic N) is 5. The molecule has 0 spiro atoms. The third-order valence-corrected chi connectivity index (χ3v) is 11.1. The molecule has 2 atom stereocenters. The summed E-state index contributed by atoms with van der Waals surface area (Å²) in [7, 11) is -2.26. The van der Waals surface area contributed by atoms with Crippen LogP contribution >= 0.6 is 0 Å². The van der Waals surface area contributed by atoms with Gasteiger partial charge in [0.25, 0.3) is 10.0 Å². The quantitative estimate of drug-likeness (QED) is 0.214. The first-order valence-electron chi connectivity index (χ1n) is 15.6. The Hall–Kier alpha value is -4.36. The fourth-order valence-electron chi connectivity index (χ4n) is 7.22. The Balaban J connectivity index is 1.40. The number of anilines is 1. The van der Waals surface area contributed by atoms with E-state index in [0.29, 0.717) is 30.0 Å². The Morgan fingerprint density at radius 2 is 1.83 bits per heavy atom. The molecule has 0 saturated heterocycles. The maximum atomic E-state index is 14.7. The van der Waals surface area contributed by atoms with Gasteiger partial charge in [-0.15, -0.1) is 5.10 Å². The van der Waals surface area contributed by atoms with Crippen molar-refractivity contribution >= 4 is 38.4 Å². The minimum atomic E-state index is -4.10. The van der Waals surface area contributed by atoms with E-state index in [9.17, 15) is 17.6 Å². The molecule has 240 valence electrons. The number of aryl methyl sites for hydroxylation is 1. The molecule has 0 unspecified atom stereocenters. The Bertz CT molecular complexity index is 2050. The second-order valence-corrected chi connectivity index (χ2v) is 14.1. The number of benzene rings is 1. The molecule has 2 bridgehead atoms. The smallest absolute Gasteiger partial charge is 0.311 e. The van der Waals surface area contributed by atoms with Crippen molar-refractivity contribution in [1.29, 1.82) is 0 Å². The van der Waals surface area contributed by atoms with Crippen molar-refractivity contribution in [2.45, 2.75) is 57.0 Å². The van der Waals surface area contributed by atoms with E-state index in [-0.39, 0.29) is 51.5 Å². The lowest BCUT2D eigenvalue weighted by molar-refractivity contribution is -0.154. The third kappa shape index (κ3) is 5.11. The summed E-state index contributed by atoms with van der Waals surface area (Å²) < 4.78 is 50.8. The number of hydrogen-bond donors (Lipinski definition) is 2. The van der Waals surface area contributed by atoms with Crippen molar-refractivity contribution in [1.82, 2.24) is 28.9 Å². The molecule has 8 rings (SSSR count). The van der Waals surface area contributed by atoms with Gasteiger partial charge in [-0.25, -0.2) is 31.3 Å². The van der Waals surface area contributed by atoms with Crippen LogP contribution in [0.15, 0.2) is 59.8 Å². The van der Waals surface area contributed by atoms with Crippen LogP contribution < -0.4 is 10.6 Å². The minimum Gasteiger partial charge on any atom is -0.466 e. The van der Waals surface area contributed by atoms with Gasteiger partial charge in [0.1, 0.15) is 11.3 Å². The number of hydrogen-bond acceptors (Lipinski definition) is 9. The summed E-state index contributed by atoms with van der Waals surface area (Å²) in [6.07, 6.45) is 6.39. The van der Waals surface area contributed by atoms with E-state index in [1.807, 2.05) is 33.0 Å². The van der Waals surface area contributed by atoms with Gasteiger partial charge in [0, 0.05) is 29.7 Å². The van der Waals surface area contributed by atoms with Gasteiger partial charge in [0.05, 0.1) is 29.3 Å². The van der Waals surface area contributed by atoms with Crippen LogP contribution in [0.4, 0.5) is 10.2 Å². The Morgan fingerprint density at radius 1 is 1.09 bits per heavy atom. The molecule has 46 heavy (non-hydrogen) atoms. The van der Waals surface area contributed by atoms with Gasteiger partial charge in [-0.05, 0) is 88.7 Å². The highest BCUT2D eigenvalue weighted by atomic mass is 32.2. The molecule has 0 aliphatic heterocycles. The summed E-state index contributed by atoms with van der Waals surface area (Å²) in [6, 6.07) is 11.4. The zero-order valence-electron chi connectivity index (χ0n) is 25.9. The van der Waals surface area contributed by atoms with E-state index in [1.54, 1.807) is 16.6 Å². The van der Waals surface area contributed by atoms with Gasteiger partial charge in [0.2, 0.25) is 0 Å². The SMILES string of the molecule is CCOC(=O)[C@@H]1C2CCC(CC2)[C@H]1Nc1nc(-c2cn(S(=O)(=O)c3ccc(C)cc3)c3ncc(F)cc23)nn2c(CNC)ccc12. The number of ether oxygens (including phenoxy) is 1. The average molecular weight is 646 g/mol. The molecule has 2 N–H and O–H groups in total. The maximum Gasteiger partial charge on any atom is 0.311 e. The van der Waals surface area contributed by atoms with E-state index in [0.717, 1.165) is 47.1 Å². The lowest BCUT2D eigenvalue weighted by atomic mass is 9.61. The summed E-state index contributed by atoms with van der Waals surface area (Å²) in [5, 5.41) is 11.9. The largest absolute Gasteiger partial charge is 0.466 e. The highest BCUT2D eigenvalue weighted by molar-refractivity contribution is 7.90. The van der Waals surface area contributed by atoms with Crippen LogP contribution in [0.5, 0.6) is 0 Å². The molecule has 3 aliphatic rings. The molecule has 0 amide bonds. The van der Waals surface area contributed by atoms with Crippen LogP contribution in [-0.2, 0) is 26.1 Å². The van der Waals surface area contributed by atoms with Crippen molar-refractivity contribution in [2.75, 3.05) is 19.0 Å². The summed E-state index contributed by atoms with van der Waals surface area (Å²) in [5.74, 6) is 0.0627. The van der Waals surface area contributed by atoms with Gasteiger partial charge in [0.15, 0.2) is 17.3 Å². The molecular weight excluding hydrogens is 609 g/mol. The number of carbonyl (C=O) groups is 1. The van der Waals surface area contributed by atoms with Crippen molar-refractivity contribution < 1.29 is 22.3 Å². The number of esters is 1. The monoisotopic (exact) mass is 645 g/mol. The molecular formula is C33H36FN7O4S. The van der Waals surface area contributed by atoms with E-state index < -0.39 is 15.8 Å². The zero-order valence-corrected chi connectivity index (χ0v) is 26.7. The molecule has 1 aromatic carbocycles. The highest BCUT2D eigenvalue weighted by Gasteiger charge is 2.48. The van der Waals surface area contributed by atoms with E-state index in [4.69, 9.17) is 14.8 Å². The summed E-state index contributed by atoms with van der Waals surface area (Å²) in [4.78, 5) is 22.4. The molecule has 0 radical (unpaired) electrons. The molecule has 3 aliphatic carbocycles. The molecule has 4 aromatic heterocycles. The van der Waals surface area contributed by atoms with Crippen LogP contribution in [-0.4, -0.2) is 57.6 Å². The topological polar surface area (TPSA) is 133 Å². The first-order valence-corrected chi connectivity index (χ1v) is 17.1. The van der Waals surface area contributed by atoms with Crippen LogP contribution in [0.25, 0.3) is 27.9 Å². The average Bonchev–Trinajstić information content (AvgIpc) is 3.64. The van der Waals surface area contributed by atoms with Crippen molar-refractivity contribution in [3.05, 3.63) is 71.9 Å². The lowest BCUT2D eigenvalue weighted by Crippen LogP contribution is -2.52. The number of aromatic nitrogens is 5. The van der Waals surface area contributed by atoms with E-state index >= 15 is 0 Å². The minimum absolute atomic E-state index is 0.0603. The van der Waals surface area contributed by atoms with Crippen LogP contribution in [0.1, 0.15) is 43.9 Å². The second-order valence-electron chi connectivity index (χ2n) is 12.2. The van der Waals surface area contributed by atoms with Crippen LogP contribution in [0.3, 0.4) is 0 Å². The summed E-state index contributed by atoms with van der Waals surface area (Å²) >= 11 is 0. The van der Waals surface area contributed by atoms with Crippen molar-refractivity contribution in [3.63, 3.8) is 0 Å². The first kappa shape index (κ1) is 30.3. The second kappa shape index (κ2) is 11.8. The van der Waals surface area contributed by atoms with E-state index in [2.05, 4.69) is 15.6 Å². The predicted octanol–water partition coefficient (Wildman–Crippen LogP) is 4.93. The fraction of sp³-hybridized carbons (Fsp3) is 0.394. The van der Waals surface area contributed by atoms with Crippen molar-refractivity contribution in [2.24, 2.45) is 17.8 Å². The van der Waals surface area contributed by atoms with Gasteiger partial charge < -0.3 is 15.4 Å². The Kier molecular flexibility index (Phi) is 7.76. The number of rotatable bonds is 9. The lowest BCUT2D eigenvalue weighted by Gasteiger charge is -2.47. The Morgan fingerprint density at radius 3 is 2.54 bits per heavy atom. The zero-order chi connectivity index (χ0) is 32.2. The van der Waals surface area contributed by atoms with Gasteiger partial charge in [-0.3, -0.25) is 4.79 Å². The molecule has 11 nitrogen and oxygen atoms in total. The van der Waals surface area contributed by atoms with Crippen LogP contribution in [0, 0.1) is 30.5 Å². The Labute approximate surface area is 266 Å². The fourth-order valence-corrected chi connectivity index (χ4v) is 8.54. The molecule has 3 fully saturated rings. The third-order valence-electron chi connectivity index (χ3n) is 9.43. The first-order chi connectivity index (χ1) is 22.2. The van der Waals surface area contributed by atoms with Gasteiger partial charge >= 0.3 is 5.97 Å². The number of carbonyl (C=O) groups excluding carboxylic acids is 1. The number of fused-ring (bicyclic) bond motifs is 5.